The third-order valence-corrected chi connectivity index (χ3v) is 9.92. The maximum Gasteiger partial charge on any atom is 0.416 e. The maximum absolute atomic E-state index is 13.8. The van der Waals surface area contributed by atoms with Crippen molar-refractivity contribution in [2.45, 2.75) is 35.8 Å². The molecule has 2 aromatic carbocycles. The Morgan fingerprint density at radius 2 is 1.78 bits per heavy atom. The van der Waals surface area contributed by atoms with Gasteiger partial charge in [-0.05, 0) is 61.5 Å². The summed E-state index contributed by atoms with van der Waals surface area (Å²) in [6.45, 7) is 1.46. The van der Waals surface area contributed by atoms with Gasteiger partial charge in [0, 0.05) is 5.69 Å². The van der Waals surface area contributed by atoms with Gasteiger partial charge in [-0.25, -0.2) is 9.69 Å². The smallest absolute Gasteiger partial charge is 0.416 e. The molecule has 1 fully saturated rings. The van der Waals surface area contributed by atoms with E-state index in [0.29, 0.717) is 16.1 Å². The number of fused-ring (bicyclic) bond motifs is 2. The lowest BCUT2D eigenvalue weighted by molar-refractivity contribution is -0.137. The molecule has 10 nitrogen and oxygen atoms in total. The SMILES string of the molecule is CCOC(=O)c1ccc(NC(=O)Cn2c3c(sc2=O)[C@@H](c2ccco2)[C@@H]2C(=O)N(c4cccc(C(F)(F)F)c4)C(=O)[C@@H]2S3)cc1. The molecule has 0 unspecified atom stereocenters. The zero-order chi connectivity index (χ0) is 32.0. The highest BCUT2D eigenvalue weighted by atomic mass is 32.2. The first-order valence-electron chi connectivity index (χ1n) is 13.5. The molecule has 4 heterocycles. The molecule has 3 amide bonds. The van der Waals surface area contributed by atoms with Crippen molar-refractivity contribution in [3.8, 4) is 0 Å². The third kappa shape index (κ3) is 5.57. The molecule has 0 aliphatic carbocycles. The van der Waals surface area contributed by atoms with Gasteiger partial charge in [0.05, 0.1) is 51.4 Å². The Morgan fingerprint density at radius 3 is 2.44 bits per heavy atom. The second-order valence-electron chi connectivity index (χ2n) is 10.1. The molecule has 3 atom stereocenters. The van der Waals surface area contributed by atoms with E-state index in [1.165, 1.54) is 41.2 Å². The van der Waals surface area contributed by atoms with E-state index in [1.807, 2.05) is 0 Å². The molecule has 0 spiro atoms. The fraction of sp³-hybridized carbons (Fsp3) is 0.233. The van der Waals surface area contributed by atoms with E-state index in [-0.39, 0.29) is 23.1 Å². The Morgan fingerprint density at radius 1 is 1.02 bits per heavy atom. The molecular weight excluding hydrogens is 635 g/mol. The lowest BCUT2D eigenvalue weighted by Gasteiger charge is -2.29. The van der Waals surface area contributed by atoms with Gasteiger partial charge < -0.3 is 14.5 Å². The van der Waals surface area contributed by atoms with Crippen molar-refractivity contribution < 1.29 is 41.5 Å². The lowest BCUT2D eigenvalue weighted by Crippen LogP contribution is -2.32. The largest absolute Gasteiger partial charge is 0.469 e. The number of hydrogen-bond donors (Lipinski definition) is 1. The topological polar surface area (TPSA) is 128 Å². The summed E-state index contributed by atoms with van der Waals surface area (Å²) in [5.41, 5.74) is -0.579. The normalized spacial score (nSPS) is 19.3. The summed E-state index contributed by atoms with van der Waals surface area (Å²) in [7, 11) is 0. The number of carbonyl (C=O) groups is 4. The Kier molecular flexibility index (Phi) is 7.91. The number of anilines is 2. The Bertz CT molecular complexity index is 1870. The quantitative estimate of drug-likeness (QED) is 0.214. The number of aromatic nitrogens is 1. The molecule has 6 rings (SSSR count). The van der Waals surface area contributed by atoms with Crippen LogP contribution in [0.2, 0.25) is 0 Å². The van der Waals surface area contributed by atoms with E-state index in [4.69, 9.17) is 9.15 Å². The van der Waals surface area contributed by atoms with Gasteiger partial charge in [0.2, 0.25) is 17.7 Å². The Hall–Kier alpha value is -4.63. The predicted octanol–water partition coefficient (Wildman–Crippen LogP) is 5.13. The number of nitrogens with one attached hydrogen (secondary N) is 1. The number of esters is 1. The van der Waals surface area contributed by atoms with Crippen molar-refractivity contribution >= 4 is 58.2 Å². The van der Waals surface area contributed by atoms with Crippen molar-refractivity contribution in [1.29, 1.82) is 0 Å². The van der Waals surface area contributed by atoms with Crippen LogP contribution < -0.4 is 15.1 Å². The van der Waals surface area contributed by atoms with Crippen LogP contribution >= 0.6 is 23.1 Å². The maximum atomic E-state index is 13.8. The number of benzene rings is 2. The number of halogens is 3. The highest BCUT2D eigenvalue weighted by Gasteiger charge is 2.57. The van der Waals surface area contributed by atoms with Gasteiger partial charge in [0.25, 0.3) is 0 Å². The van der Waals surface area contributed by atoms with E-state index >= 15 is 0 Å². The second-order valence-corrected chi connectivity index (χ2v) is 12.2. The molecule has 45 heavy (non-hydrogen) atoms. The zero-order valence-electron chi connectivity index (χ0n) is 23.2. The van der Waals surface area contributed by atoms with Gasteiger partial charge in [-0.15, -0.1) is 0 Å². The Balaban J connectivity index is 1.31. The van der Waals surface area contributed by atoms with E-state index in [2.05, 4.69) is 5.32 Å². The molecule has 15 heteroatoms. The third-order valence-electron chi connectivity index (χ3n) is 7.31. The highest BCUT2D eigenvalue weighted by molar-refractivity contribution is 8.00. The van der Waals surface area contributed by atoms with Crippen LogP contribution in [-0.2, 0) is 31.8 Å². The van der Waals surface area contributed by atoms with E-state index in [9.17, 15) is 37.1 Å². The van der Waals surface area contributed by atoms with Crippen molar-refractivity contribution in [3.63, 3.8) is 0 Å². The first-order valence-corrected chi connectivity index (χ1v) is 15.2. The van der Waals surface area contributed by atoms with Crippen molar-refractivity contribution in [2.75, 3.05) is 16.8 Å². The van der Waals surface area contributed by atoms with Crippen LogP contribution in [0.4, 0.5) is 24.5 Å². The van der Waals surface area contributed by atoms with Crippen LogP contribution in [-0.4, -0.2) is 40.1 Å². The van der Waals surface area contributed by atoms with E-state index in [0.717, 1.165) is 46.2 Å². The number of furan rings is 1. The zero-order valence-corrected chi connectivity index (χ0v) is 24.8. The first kappa shape index (κ1) is 30.4. The van der Waals surface area contributed by atoms with Crippen LogP contribution in [0.1, 0.15) is 39.4 Å². The van der Waals surface area contributed by atoms with Gasteiger partial charge >= 0.3 is 17.0 Å². The monoisotopic (exact) mass is 657 g/mol. The first-order chi connectivity index (χ1) is 21.5. The van der Waals surface area contributed by atoms with Crippen LogP contribution in [0.5, 0.6) is 0 Å². The summed E-state index contributed by atoms with van der Waals surface area (Å²) in [6, 6.07) is 13.1. The van der Waals surface area contributed by atoms with Crippen molar-refractivity contribution in [1.82, 2.24) is 4.57 Å². The van der Waals surface area contributed by atoms with E-state index < -0.39 is 63.9 Å². The summed E-state index contributed by atoms with van der Waals surface area (Å²) >= 11 is 1.72. The average Bonchev–Trinajstić information content (AvgIpc) is 3.70. The lowest BCUT2D eigenvalue weighted by atomic mass is 9.87. The summed E-state index contributed by atoms with van der Waals surface area (Å²) in [4.78, 5) is 66.3. The molecular formula is C30H22F3N3O7S2. The summed E-state index contributed by atoms with van der Waals surface area (Å²) in [5.74, 6) is -4.23. The number of rotatable bonds is 7. The number of nitrogens with zero attached hydrogens (tertiary/aromatic N) is 2. The number of thiazole rings is 1. The number of hydrogen-bond acceptors (Lipinski definition) is 9. The minimum Gasteiger partial charge on any atom is -0.469 e. The van der Waals surface area contributed by atoms with Gasteiger partial charge in [-0.3, -0.25) is 23.7 Å². The molecule has 0 radical (unpaired) electrons. The number of ether oxygens (including phenoxy) is 1. The standard InChI is InChI=1S/C30H22F3N3O7S2/c1-2-42-28(40)15-8-10-17(11-9-15)34-20(37)14-35-27-24(45-29(35)41)21(19-7-4-12-43-19)22-23(44-27)26(39)36(25(22)38)18-6-3-5-16(13-18)30(31,32)33/h3-13,21-23H,2,14H2,1H3,(H,34,37)/t21-,22-,23+/m0/s1. The van der Waals surface area contributed by atoms with E-state index in [1.54, 1.807) is 19.1 Å². The van der Waals surface area contributed by atoms with Gasteiger partial charge in [0.15, 0.2) is 0 Å². The highest BCUT2D eigenvalue weighted by Crippen LogP contribution is 2.54. The molecule has 1 N–H and O–H groups in total. The fourth-order valence-corrected chi connectivity index (χ4v) is 8.11. The molecule has 232 valence electrons. The molecule has 2 aliphatic rings. The summed E-state index contributed by atoms with van der Waals surface area (Å²) < 4.78 is 52.1. The summed E-state index contributed by atoms with van der Waals surface area (Å²) in [6.07, 6.45) is -3.32. The number of amides is 3. The number of imide groups is 1. The Labute approximate surface area is 260 Å². The van der Waals surface area contributed by atoms with Crippen LogP contribution in [0.25, 0.3) is 0 Å². The predicted molar refractivity (Wildman–Crippen MR) is 157 cm³/mol. The fourth-order valence-electron chi connectivity index (χ4n) is 5.35. The van der Waals surface area contributed by atoms with Gasteiger partial charge in [-0.1, -0.05) is 29.2 Å². The minimum atomic E-state index is -4.69. The second kappa shape index (κ2) is 11.7. The summed E-state index contributed by atoms with van der Waals surface area (Å²) in [5, 5.41) is 1.85. The van der Waals surface area contributed by atoms with Crippen molar-refractivity contribution in [2.24, 2.45) is 5.92 Å². The number of alkyl halides is 3. The van der Waals surface area contributed by atoms with Gasteiger partial charge in [0.1, 0.15) is 17.6 Å². The molecule has 2 aliphatic heterocycles. The number of carbonyl (C=O) groups excluding carboxylic acids is 4. The molecule has 0 bridgehead atoms. The number of thioether (sulfide) groups is 1. The average molecular weight is 658 g/mol. The molecule has 4 aromatic rings. The molecule has 0 saturated carbocycles. The molecule has 1 saturated heterocycles. The van der Waals surface area contributed by atoms with Crippen LogP contribution in [0.3, 0.4) is 0 Å². The molecule has 2 aromatic heterocycles. The van der Waals surface area contributed by atoms with Crippen LogP contribution in [0, 0.1) is 5.92 Å². The minimum absolute atomic E-state index is 0.209. The van der Waals surface area contributed by atoms with Crippen LogP contribution in [0.15, 0.2) is 81.2 Å². The van der Waals surface area contributed by atoms with Crippen molar-refractivity contribution in [3.05, 3.63) is 98.4 Å². The van der Waals surface area contributed by atoms with Gasteiger partial charge in [-0.2, -0.15) is 13.2 Å².